The summed E-state index contributed by atoms with van der Waals surface area (Å²) >= 11 is 1.50. The number of carbonyl (C=O) groups is 1. The molecule has 2 aromatic rings. The molecular weight excluding hydrogens is 316 g/mol. The Balaban J connectivity index is 1.73. The van der Waals surface area contributed by atoms with Crippen molar-refractivity contribution in [3.63, 3.8) is 0 Å². The summed E-state index contributed by atoms with van der Waals surface area (Å²) in [5.41, 5.74) is 3.24. The zero-order valence-electron chi connectivity index (χ0n) is 14.6. The molecule has 1 amide bonds. The molecule has 3 nitrogen and oxygen atoms in total. The third kappa shape index (κ3) is 4.04. The van der Waals surface area contributed by atoms with Gasteiger partial charge in [-0.05, 0) is 31.7 Å². The highest BCUT2D eigenvalue weighted by atomic mass is 32.1. The molecule has 1 aromatic carbocycles. The van der Waals surface area contributed by atoms with Gasteiger partial charge < -0.3 is 5.32 Å². The minimum absolute atomic E-state index is 0.0494. The molecule has 3 rings (SSSR count). The van der Waals surface area contributed by atoms with Crippen molar-refractivity contribution in [3.05, 3.63) is 40.4 Å². The SMILES string of the molecule is CCc1ccc(-c2nc(C)c(C(=O)NC3CCCCCC3)s2)cc1. The molecule has 0 aliphatic heterocycles. The minimum atomic E-state index is 0.0494. The standard InChI is InChI=1S/C20H26N2OS/c1-3-15-10-12-16(13-11-15)20-21-14(2)18(24-20)19(23)22-17-8-6-4-5-7-9-17/h10-13,17H,3-9H2,1-2H3,(H,22,23). The quantitative estimate of drug-likeness (QED) is 0.782. The highest BCUT2D eigenvalue weighted by molar-refractivity contribution is 7.17. The molecule has 0 bridgehead atoms. The molecule has 0 spiro atoms. The summed E-state index contributed by atoms with van der Waals surface area (Å²) in [6, 6.07) is 8.80. The summed E-state index contributed by atoms with van der Waals surface area (Å²) in [7, 11) is 0. The first-order valence-corrected chi connectivity index (χ1v) is 9.86. The molecule has 1 aromatic heterocycles. The van der Waals surface area contributed by atoms with Crippen LogP contribution in [-0.2, 0) is 6.42 Å². The minimum Gasteiger partial charge on any atom is -0.349 e. The lowest BCUT2D eigenvalue weighted by Gasteiger charge is -2.15. The van der Waals surface area contributed by atoms with Crippen LogP contribution in [0.1, 0.15) is 66.4 Å². The van der Waals surface area contributed by atoms with Gasteiger partial charge in [-0.2, -0.15) is 0 Å². The molecule has 4 heteroatoms. The molecule has 1 aliphatic carbocycles. The van der Waals surface area contributed by atoms with E-state index in [9.17, 15) is 4.79 Å². The van der Waals surface area contributed by atoms with Crippen molar-refractivity contribution in [2.45, 2.75) is 64.8 Å². The van der Waals surface area contributed by atoms with Crippen molar-refractivity contribution in [1.82, 2.24) is 10.3 Å². The van der Waals surface area contributed by atoms with Gasteiger partial charge in [-0.3, -0.25) is 4.79 Å². The molecule has 1 N–H and O–H groups in total. The van der Waals surface area contributed by atoms with Crippen LogP contribution in [0.25, 0.3) is 10.6 Å². The Hall–Kier alpha value is -1.68. The lowest BCUT2D eigenvalue weighted by Crippen LogP contribution is -2.34. The predicted molar refractivity (Wildman–Crippen MR) is 101 cm³/mol. The number of rotatable bonds is 4. The normalized spacial score (nSPS) is 15.9. The van der Waals surface area contributed by atoms with Gasteiger partial charge in [0.25, 0.3) is 5.91 Å². The van der Waals surface area contributed by atoms with Gasteiger partial charge in [0.2, 0.25) is 0 Å². The summed E-state index contributed by atoms with van der Waals surface area (Å²) < 4.78 is 0. The van der Waals surface area contributed by atoms with Crippen LogP contribution < -0.4 is 5.32 Å². The monoisotopic (exact) mass is 342 g/mol. The first kappa shape index (κ1) is 17.2. The lowest BCUT2D eigenvalue weighted by molar-refractivity contribution is 0.0936. The topological polar surface area (TPSA) is 42.0 Å². The number of nitrogens with zero attached hydrogens (tertiary/aromatic N) is 1. The molecule has 1 heterocycles. The van der Waals surface area contributed by atoms with E-state index in [0.29, 0.717) is 6.04 Å². The molecule has 1 aliphatic rings. The van der Waals surface area contributed by atoms with Crippen LogP contribution >= 0.6 is 11.3 Å². The zero-order valence-corrected chi connectivity index (χ0v) is 15.4. The van der Waals surface area contributed by atoms with Crippen molar-refractivity contribution in [1.29, 1.82) is 0 Å². The molecule has 0 atom stereocenters. The maximum atomic E-state index is 12.7. The fourth-order valence-corrected chi connectivity index (χ4v) is 4.26. The Morgan fingerprint density at radius 2 is 1.83 bits per heavy atom. The highest BCUT2D eigenvalue weighted by Gasteiger charge is 2.20. The summed E-state index contributed by atoms with van der Waals surface area (Å²) in [5, 5.41) is 4.16. The number of thiazole rings is 1. The zero-order chi connectivity index (χ0) is 16.9. The second-order valence-electron chi connectivity index (χ2n) is 6.65. The maximum Gasteiger partial charge on any atom is 0.263 e. The number of hydrogen-bond acceptors (Lipinski definition) is 3. The Morgan fingerprint density at radius 3 is 2.46 bits per heavy atom. The van der Waals surface area contributed by atoms with E-state index in [0.717, 1.165) is 40.4 Å². The van der Waals surface area contributed by atoms with Crippen LogP contribution in [0.5, 0.6) is 0 Å². The van der Waals surface area contributed by atoms with E-state index in [1.165, 1.54) is 42.6 Å². The van der Waals surface area contributed by atoms with Gasteiger partial charge in [0, 0.05) is 11.6 Å². The van der Waals surface area contributed by atoms with Gasteiger partial charge in [-0.15, -0.1) is 11.3 Å². The molecule has 1 fully saturated rings. The third-order valence-corrected chi connectivity index (χ3v) is 6.01. The molecule has 1 saturated carbocycles. The van der Waals surface area contributed by atoms with E-state index in [1.54, 1.807) is 0 Å². The molecule has 24 heavy (non-hydrogen) atoms. The Kier molecular flexibility index (Phi) is 5.67. The van der Waals surface area contributed by atoms with Crippen molar-refractivity contribution < 1.29 is 4.79 Å². The Morgan fingerprint density at radius 1 is 1.17 bits per heavy atom. The number of carbonyl (C=O) groups excluding carboxylic acids is 1. The van der Waals surface area contributed by atoms with E-state index in [4.69, 9.17) is 0 Å². The van der Waals surface area contributed by atoms with Gasteiger partial charge in [0.05, 0.1) is 5.69 Å². The second kappa shape index (κ2) is 7.93. The van der Waals surface area contributed by atoms with Crippen LogP contribution in [0.15, 0.2) is 24.3 Å². The number of aromatic nitrogens is 1. The Bertz CT molecular complexity index is 682. The van der Waals surface area contributed by atoms with Crippen LogP contribution in [0.3, 0.4) is 0 Å². The fourth-order valence-electron chi connectivity index (χ4n) is 3.29. The average Bonchev–Trinajstić information content (AvgIpc) is 2.81. The van der Waals surface area contributed by atoms with Crippen LogP contribution in [0.4, 0.5) is 0 Å². The Labute approximate surface area is 148 Å². The van der Waals surface area contributed by atoms with Crippen LogP contribution in [0.2, 0.25) is 0 Å². The maximum absolute atomic E-state index is 12.7. The van der Waals surface area contributed by atoms with Gasteiger partial charge >= 0.3 is 0 Å². The first-order chi connectivity index (χ1) is 11.7. The third-order valence-electron chi connectivity index (χ3n) is 4.80. The van der Waals surface area contributed by atoms with E-state index in [1.807, 2.05) is 6.92 Å². The molecule has 128 valence electrons. The van der Waals surface area contributed by atoms with Gasteiger partial charge in [-0.25, -0.2) is 4.98 Å². The number of amides is 1. The van der Waals surface area contributed by atoms with Gasteiger partial charge in [0.15, 0.2) is 0 Å². The number of hydrogen-bond donors (Lipinski definition) is 1. The predicted octanol–water partition coefficient (Wildman–Crippen LogP) is 5.13. The fraction of sp³-hybridized carbons (Fsp3) is 0.500. The van der Waals surface area contributed by atoms with E-state index >= 15 is 0 Å². The van der Waals surface area contributed by atoms with Crippen molar-refractivity contribution in [2.24, 2.45) is 0 Å². The average molecular weight is 343 g/mol. The van der Waals surface area contributed by atoms with Crippen LogP contribution in [0, 0.1) is 6.92 Å². The second-order valence-corrected chi connectivity index (χ2v) is 7.65. The smallest absolute Gasteiger partial charge is 0.263 e. The van der Waals surface area contributed by atoms with E-state index in [-0.39, 0.29) is 5.91 Å². The van der Waals surface area contributed by atoms with Crippen molar-refractivity contribution >= 4 is 17.2 Å². The molecule has 0 unspecified atom stereocenters. The largest absolute Gasteiger partial charge is 0.349 e. The first-order valence-electron chi connectivity index (χ1n) is 9.05. The summed E-state index contributed by atoms with van der Waals surface area (Å²) in [4.78, 5) is 18.0. The van der Waals surface area contributed by atoms with Crippen molar-refractivity contribution in [3.8, 4) is 10.6 Å². The number of nitrogens with one attached hydrogen (secondary N) is 1. The molecule has 0 saturated heterocycles. The van der Waals surface area contributed by atoms with E-state index in [2.05, 4.69) is 41.5 Å². The lowest BCUT2D eigenvalue weighted by atomic mass is 10.1. The number of benzene rings is 1. The van der Waals surface area contributed by atoms with Gasteiger partial charge in [-0.1, -0.05) is 56.9 Å². The van der Waals surface area contributed by atoms with Crippen LogP contribution in [-0.4, -0.2) is 16.9 Å². The number of aryl methyl sites for hydroxylation is 2. The summed E-state index contributed by atoms with van der Waals surface area (Å²) in [6.07, 6.45) is 8.28. The summed E-state index contributed by atoms with van der Waals surface area (Å²) in [6.45, 7) is 4.08. The molecule has 0 radical (unpaired) electrons. The van der Waals surface area contributed by atoms with Gasteiger partial charge in [0.1, 0.15) is 9.88 Å². The molecular formula is C20H26N2OS. The van der Waals surface area contributed by atoms with E-state index < -0.39 is 0 Å². The summed E-state index contributed by atoms with van der Waals surface area (Å²) in [5.74, 6) is 0.0494. The highest BCUT2D eigenvalue weighted by Crippen LogP contribution is 2.28. The van der Waals surface area contributed by atoms with Crippen molar-refractivity contribution in [2.75, 3.05) is 0 Å².